The van der Waals surface area contributed by atoms with Gasteiger partial charge in [0.2, 0.25) is 0 Å². The van der Waals surface area contributed by atoms with Crippen molar-refractivity contribution in [3.05, 3.63) is 0 Å². The molecule has 2 atom stereocenters. The van der Waals surface area contributed by atoms with Crippen molar-refractivity contribution in [2.45, 2.75) is 38.1 Å². The maximum Gasteiger partial charge on any atom is 0.0469 e. The zero-order valence-electron chi connectivity index (χ0n) is 9.58. The molecule has 0 aromatic carbocycles. The average molecular weight is 212 g/mol. The first-order valence-corrected chi connectivity index (χ1v) is 6.41. The van der Waals surface area contributed by atoms with Crippen molar-refractivity contribution < 1.29 is 4.74 Å². The van der Waals surface area contributed by atoms with E-state index in [2.05, 4.69) is 5.32 Å². The van der Waals surface area contributed by atoms with Crippen molar-refractivity contribution in [3.63, 3.8) is 0 Å². The monoisotopic (exact) mass is 212 g/mol. The molecule has 1 saturated heterocycles. The lowest BCUT2D eigenvalue weighted by Crippen LogP contribution is -2.39. The Labute approximate surface area is 92.7 Å². The van der Waals surface area contributed by atoms with Gasteiger partial charge in [-0.1, -0.05) is 6.42 Å². The summed E-state index contributed by atoms with van der Waals surface area (Å²) in [5.41, 5.74) is 5.77. The summed E-state index contributed by atoms with van der Waals surface area (Å²) in [6.45, 7) is 3.94. The Morgan fingerprint density at radius 1 is 1.13 bits per heavy atom. The number of rotatable bonds is 4. The molecular weight excluding hydrogens is 188 g/mol. The van der Waals surface area contributed by atoms with Gasteiger partial charge in [-0.2, -0.15) is 0 Å². The minimum atomic E-state index is 0.692. The van der Waals surface area contributed by atoms with Gasteiger partial charge >= 0.3 is 0 Å². The molecule has 3 nitrogen and oxygen atoms in total. The molecule has 0 spiro atoms. The Morgan fingerprint density at radius 3 is 2.67 bits per heavy atom. The quantitative estimate of drug-likeness (QED) is 0.734. The number of hydrogen-bond acceptors (Lipinski definition) is 3. The fourth-order valence-electron chi connectivity index (χ4n) is 2.86. The molecule has 1 aliphatic heterocycles. The van der Waals surface area contributed by atoms with Gasteiger partial charge in [0.05, 0.1) is 0 Å². The minimum Gasteiger partial charge on any atom is -0.381 e. The molecule has 2 unspecified atom stereocenters. The van der Waals surface area contributed by atoms with E-state index in [-0.39, 0.29) is 0 Å². The van der Waals surface area contributed by atoms with Crippen molar-refractivity contribution in [1.82, 2.24) is 5.32 Å². The second-order valence-corrected chi connectivity index (χ2v) is 5.00. The van der Waals surface area contributed by atoms with Crippen LogP contribution in [0.25, 0.3) is 0 Å². The summed E-state index contributed by atoms with van der Waals surface area (Å²) < 4.78 is 5.37. The van der Waals surface area contributed by atoms with E-state index in [9.17, 15) is 0 Å². The molecule has 15 heavy (non-hydrogen) atoms. The van der Waals surface area contributed by atoms with E-state index in [1.54, 1.807) is 0 Å². The topological polar surface area (TPSA) is 47.3 Å². The summed E-state index contributed by atoms with van der Waals surface area (Å²) >= 11 is 0. The van der Waals surface area contributed by atoms with Crippen LogP contribution >= 0.6 is 0 Å². The van der Waals surface area contributed by atoms with Gasteiger partial charge in [0, 0.05) is 19.3 Å². The summed E-state index contributed by atoms with van der Waals surface area (Å²) in [5.74, 6) is 1.56. The number of nitrogens with two attached hydrogens (primary N) is 1. The third kappa shape index (κ3) is 3.16. The van der Waals surface area contributed by atoms with Crippen LogP contribution in [-0.4, -0.2) is 32.3 Å². The van der Waals surface area contributed by atoms with E-state index in [1.165, 1.54) is 38.6 Å². The van der Waals surface area contributed by atoms with Gasteiger partial charge < -0.3 is 15.8 Å². The predicted molar refractivity (Wildman–Crippen MR) is 61.7 cm³/mol. The van der Waals surface area contributed by atoms with Gasteiger partial charge in [0.1, 0.15) is 0 Å². The Morgan fingerprint density at radius 2 is 1.93 bits per heavy atom. The van der Waals surface area contributed by atoms with E-state index >= 15 is 0 Å². The lowest BCUT2D eigenvalue weighted by atomic mass is 9.98. The molecule has 2 aliphatic rings. The SMILES string of the molecule is NCC1CCCC1NCC1CCOCC1. The molecule has 2 rings (SSSR count). The van der Waals surface area contributed by atoms with Crippen LogP contribution in [0.5, 0.6) is 0 Å². The molecule has 1 saturated carbocycles. The Kier molecular flexibility index (Phi) is 4.42. The summed E-state index contributed by atoms with van der Waals surface area (Å²) in [6.07, 6.45) is 6.46. The molecule has 1 heterocycles. The molecule has 3 heteroatoms. The second kappa shape index (κ2) is 5.83. The molecule has 0 amide bonds. The molecule has 0 aromatic rings. The Bertz CT molecular complexity index is 180. The van der Waals surface area contributed by atoms with E-state index < -0.39 is 0 Å². The van der Waals surface area contributed by atoms with Crippen molar-refractivity contribution in [2.24, 2.45) is 17.6 Å². The second-order valence-electron chi connectivity index (χ2n) is 5.00. The lowest BCUT2D eigenvalue weighted by molar-refractivity contribution is 0.0650. The standard InChI is InChI=1S/C12H24N2O/c13-8-11-2-1-3-12(11)14-9-10-4-6-15-7-5-10/h10-12,14H,1-9,13H2. The first-order valence-electron chi connectivity index (χ1n) is 6.41. The van der Waals surface area contributed by atoms with Gasteiger partial charge in [0.15, 0.2) is 0 Å². The number of ether oxygens (including phenoxy) is 1. The van der Waals surface area contributed by atoms with Crippen LogP contribution in [0, 0.1) is 11.8 Å². The fraction of sp³-hybridized carbons (Fsp3) is 1.00. The maximum absolute atomic E-state index is 5.77. The van der Waals surface area contributed by atoms with Crippen LogP contribution < -0.4 is 11.1 Å². The molecule has 2 fully saturated rings. The molecule has 0 radical (unpaired) electrons. The molecule has 3 N–H and O–H groups in total. The average Bonchev–Trinajstić information content (AvgIpc) is 2.75. The Hall–Kier alpha value is -0.120. The van der Waals surface area contributed by atoms with Crippen molar-refractivity contribution in [3.8, 4) is 0 Å². The number of hydrogen-bond donors (Lipinski definition) is 2. The maximum atomic E-state index is 5.77. The smallest absolute Gasteiger partial charge is 0.0469 e. The van der Waals surface area contributed by atoms with E-state index in [4.69, 9.17) is 10.5 Å². The highest BCUT2D eigenvalue weighted by Gasteiger charge is 2.26. The molecular formula is C12H24N2O. The summed E-state index contributed by atoms with van der Waals surface area (Å²) in [6, 6.07) is 0.692. The third-order valence-corrected chi connectivity index (χ3v) is 3.97. The van der Waals surface area contributed by atoms with Gasteiger partial charge in [-0.25, -0.2) is 0 Å². The van der Waals surface area contributed by atoms with Crippen LogP contribution in [0.3, 0.4) is 0 Å². The van der Waals surface area contributed by atoms with Crippen LogP contribution in [0.1, 0.15) is 32.1 Å². The highest BCUT2D eigenvalue weighted by atomic mass is 16.5. The number of nitrogens with one attached hydrogen (secondary N) is 1. The zero-order valence-corrected chi connectivity index (χ0v) is 9.58. The van der Waals surface area contributed by atoms with Crippen molar-refractivity contribution in [1.29, 1.82) is 0 Å². The van der Waals surface area contributed by atoms with Gasteiger partial charge in [-0.05, 0) is 50.6 Å². The Balaban J connectivity index is 1.67. The summed E-state index contributed by atoms with van der Waals surface area (Å²) in [7, 11) is 0. The van der Waals surface area contributed by atoms with Crippen LogP contribution in [-0.2, 0) is 4.74 Å². The molecule has 0 bridgehead atoms. The van der Waals surface area contributed by atoms with Crippen molar-refractivity contribution >= 4 is 0 Å². The highest BCUT2D eigenvalue weighted by molar-refractivity contribution is 4.84. The first-order chi connectivity index (χ1) is 7.40. The summed E-state index contributed by atoms with van der Waals surface area (Å²) in [4.78, 5) is 0. The molecule has 1 aliphatic carbocycles. The predicted octanol–water partition coefficient (Wildman–Crippen LogP) is 1.13. The lowest BCUT2D eigenvalue weighted by Gasteiger charge is -2.26. The normalized spacial score (nSPS) is 33.4. The van der Waals surface area contributed by atoms with Crippen LogP contribution in [0.15, 0.2) is 0 Å². The third-order valence-electron chi connectivity index (χ3n) is 3.97. The summed E-state index contributed by atoms with van der Waals surface area (Å²) in [5, 5.41) is 3.72. The van der Waals surface area contributed by atoms with Gasteiger partial charge in [-0.15, -0.1) is 0 Å². The van der Waals surface area contributed by atoms with E-state index in [1.807, 2.05) is 0 Å². The molecule has 0 aromatic heterocycles. The fourth-order valence-corrected chi connectivity index (χ4v) is 2.86. The van der Waals surface area contributed by atoms with Gasteiger partial charge in [0.25, 0.3) is 0 Å². The largest absolute Gasteiger partial charge is 0.381 e. The highest BCUT2D eigenvalue weighted by Crippen LogP contribution is 2.25. The zero-order chi connectivity index (χ0) is 10.5. The van der Waals surface area contributed by atoms with Crippen LogP contribution in [0.4, 0.5) is 0 Å². The van der Waals surface area contributed by atoms with E-state index in [0.29, 0.717) is 6.04 Å². The minimum absolute atomic E-state index is 0.692. The van der Waals surface area contributed by atoms with Gasteiger partial charge in [-0.3, -0.25) is 0 Å². The molecule has 88 valence electrons. The van der Waals surface area contributed by atoms with Crippen molar-refractivity contribution in [2.75, 3.05) is 26.3 Å². The van der Waals surface area contributed by atoms with Crippen LogP contribution in [0.2, 0.25) is 0 Å². The first kappa shape index (κ1) is 11.4. The van der Waals surface area contributed by atoms with E-state index in [0.717, 1.165) is 31.6 Å².